The predicted octanol–water partition coefficient (Wildman–Crippen LogP) is 2.68. The van der Waals surface area contributed by atoms with Gasteiger partial charge in [0.2, 0.25) is 5.91 Å². The van der Waals surface area contributed by atoms with Gasteiger partial charge in [-0.1, -0.05) is 27.7 Å². The molecule has 1 aliphatic carbocycles. The molecule has 0 heterocycles. The standard InChI is InChI=1S/C15H27NO3/c1-10-9-12(10)14(19)16-8-7-11(15(2,3)4)5-6-13(17)18/h10-12H,5-9H2,1-4H3,(H,16,19)(H,17,18). The minimum atomic E-state index is -0.745. The maximum Gasteiger partial charge on any atom is 0.303 e. The Bertz CT molecular complexity index is 333. The molecule has 0 aromatic rings. The van der Waals surface area contributed by atoms with Gasteiger partial charge in [-0.3, -0.25) is 9.59 Å². The second-order valence-corrected chi connectivity index (χ2v) is 6.89. The zero-order chi connectivity index (χ0) is 14.6. The summed E-state index contributed by atoms with van der Waals surface area (Å²) < 4.78 is 0. The van der Waals surface area contributed by atoms with Gasteiger partial charge in [0.05, 0.1) is 0 Å². The third-order valence-electron chi connectivity index (χ3n) is 4.17. The zero-order valence-electron chi connectivity index (χ0n) is 12.5. The minimum absolute atomic E-state index is 0.0764. The normalized spacial score (nSPS) is 23.8. The monoisotopic (exact) mass is 269 g/mol. The second kappa shape index (κ2) is 6.40. The Balaban J connectivity index is 2.32. The molecule has 1 amide bonds. The number of hydrogen-bond donors (Lipinski definition) is 2. The highest BCUT2D eigenvalue weighted by molar-refractivity contribution is 5.81. The minimum Gasteiger partial charge on any atom is -0.481 e. The van der Waals surface area contributed by atoms with E-state index < -0.39 is 5.97 Å². The van der Waals surface area contributed by atoms with Crippen LogP contribution in [-0.4, -0.2) is 23.5 Å². The topological polar surface area (TPSA) is 66.4 Å². The van der Waals surface area contributed by atoms with Crippen LogP contribution in [-0.2, 0) is 9.59 Å². The van der Waals surface area contributed by atoms with E-state index >= 15 is 0 Å². The number of carboxylic acids is 1. The second-order valence-electron chi connectivity index (χ2n) is 6.89. The van der Waals surface area contributed by atoms with E-state index in [0.717, 1.165) is 12.8 Å². The van der Waals surface area contributed by atoms with Crippen molar-refractivity contribution in [3.8, 4) is 0 Å². The Kier molecular flexibility index (Phi) is 5.39. The molecule has 0 saturated heterocycles. The fraction of sp³-hybridized carbons (Fsp3) is 0.867. The lowest BCUT2D eigenvalue weighted by Crippen LogP contribution is -2.31. The first-order chi connectivity index (χ1) is 8.71. The summed E-state index contributed by atoms with van der Waals surface area (Å²) in [6.45, 7) is 9.14. The lowest BCUT2D eigenvalue weighted by atomic mass is 9.76. The number of amides is 1. The molecular formula is C15H27NO3. The lowest BCUT2D eigenvalue weighted by Gasteiger charge is -2.30. The molecule has 4 nitrogen and oxygen atoms in total. The average molecular weight is 269 g/mol. The average Bonchev–Trinajstić information content (AvgIpc) is 2.98. The number of hydrogen-bond acceptors (Lipinski definition) is 2. The third-order valence-corrected chi connectivity index (χ3v) is 4.17. The van der Waals surface area contributed by atoms with E-state index in [2.05, 4.69) is 33.0 Å². The lowest BCUT2D eigenvalue weighted by molar-refractivity contribution is -0.137. The SMILES string of the molecule is CC1CC1C(=O)NCCC(CCC(=O)O)C(C)(C)C. The van der Waals surface area contributed by atoms with Crippen LogP contribution in [0.1, 0.15) is 53.4 Å². The van der Waals surface area contributed by atoms with Gasteiger partial charge in [-0.2, -0.15) is 0 Å². The van der Waals surface area contributed by atoms with Gasteiger partial charge in [0.15, 0.2) is 0 Å². The zero-order valence-corrected chi connectivity index (χ0v) is 12.5. The first-order valence-corrected chi connectivity index (χ1v) is 7.21. The van der Waals surface area contributed by atoms with Gasteiger partial charge in [-0.05, 0) is 36.5 Å². The summed E-state index contributed by atoms with van der Waals surface area (Å²) in [6.07, 6.45) is 2.74. The Morgan fingerprint density at radius 2 is 1.89 bits per heavy atom. The van der Waals surface area contributed by atoms with E-state index in [4.69, 9.17) is 5.11 Å². The van der Waals surface area contributed by atoms with Crippen LogP contribution < -0.4 is 5.32 Å². The summed E-state index contributed by atoms with van der Waals surface area (Å²) in [5, 5.41) is 11.8. The van der Waals surface area contributed by atoms with Crippen molar-refractivity contribution >= 4 is 11.9 Å². The van der Waals surface area contributed by atoms with Gasteiger partial charge in [0.1, 0.15) is 0 Å². The van der Waals surface area contributed by atoms with Crippen LogP contribution in [0.25, 0.3) is 0 Å². The molecule has 0 aliphatic heterocycles. The summed E-state index contributed by atoms with van der Waals surface area (Å²) in [5.74, 6) is 0.488. The van der Waals surface area contributed by atoms with Crippen LogP contribution in [0, 0.1) is 23.2 Å². The number of rotatable bonds is 7. The number of nitrogens with one attached hydrogen (secondary N) is 1. The van der Waals surface area contributed by atoms with Crippen LogP contribution in [0.5, 0.6) is 0 Å². The summed E-state index contributed by atoms with van der Waals surface area (Å²) in [6, 6.07) is 0. The van der Waals surface area contributed by atoms with Crippen molar-refractivity contribution in [1.29, 1.82) is 0 Å². The largest absolute Gasteiger partial charge is 0.481 e. The van der Waals surface area contributed by atoms with Gasteiger partial charge < -0.3 is 10.4 Å². The highest BCUT2D eigenvalue weighted by Gasteiger charge is 2.38. The van der Waals surface area contributed by atoms with E-state index in [1.165, 1.54) is 0 Å². The van der Waals surface area contributed by atoms with Gasteiger partial charge >= 0.3 is 5.97 Å². The van der Waals surface area contributed by atoms with Crippen molar-refractivity contribution in [3.05, 3.63) is 0 Å². The molecule has 0 aromatic heterocycles. The van der Waals surface area contributed by atoms with Crippen molar-refractivity contribution < 1.29 is 14.7 Å². The first-order valence-electron chi connectivity index (χ1n) is 7.21. The molecule has 19 heavy (non-hydrogen) atoms. The molecule has 0 spiro atoms. The molecule has 1 rings (SSSR count). The molecule has 1 saturated carbocycles. The fourth-order valence-corrected chi connectivity index (χ4v) is 2.50. The quantitative estimate of drug-likeness (QED) is 0.746. The van der Waals surface area contributed by atoms with Crippen molar-refractivity contribution in [1.82, 2.24) is 5.32 Å². The highest BCUT2D eigenvalue weighted by Crippen LogP contribution is 2.37. The highest BCUT2D eigenvalue weighted by atomic mass is 16.4. The number of carbonyl (C=O) groups excluding carboxylic acids is 1. The molecule has 110 valence electrons. The fourth-order valence-electron chi connectivity index (χ4n) is 2.50. The number of carboxylic acid groups (broad SMARTS) is 1. The van der Waals surface area contributed by atoms with Gasteiger partial charge in [-0.15, -0.1) is 0 Å². The molecule has 1 fully saturated rings. The maximum atomic E-state index is 11.7. The van der Waals surface area contributed by atoms with Crippen molar-refractivity contribution in [2.75, 3.05) is 6.54 Å². The molecule has 3 unspecified atom stereocenters. The summed E-state index contributed by atoms with van der Waals surface area (Å²) in [4.78, 5) is 22.4. The van der Waals surface area contributed by atoms with Crippen LogP contribution >= 0.6 is 0 Å². The molecule has 2 N–H and O–H groups in total. The summed E-state index contributed by atoms with van der Waals surface area (Å²) in [5.41, 5.74) is 0.0764. The Morgan fingerprint density at radius 1 is 1.32 bits per heavy atom. The molecule has 1 aliphatic rings. The van der Waals surface area contributed by atoms with E-state index in [0.29, 0.717) is 24.8 Å². The van der Waals surface area contributed by atoms with E-state index in [1.807, 2.05) is 0 Å². The smallest absolute Gasteiger partial charge is 0.303 e. The number of aliphatic carboxylic acids is 1. The predicted molar refractivity (Wildman–Crippen MR) is 74.7 cm³/mol. The van der Waals surface area contributed by atoms with Crippen molar-refractivity contribution in [3.63, 3.8) is 0 Å². The number of carbonyl (C=O) groups is 2. The van der Waals surface area contributed by atoms with Crippen LogP contribution in [0.3, 0.4) is 0 Å². The molecule has 0 radical (unpaired) electrons. The van der Waals surface area contributed by atoms with E-state index in [1.54, 1.807) is 0 Å². The summed E-state index contributed by atoms with van der Waals surface area (Å²) >= 11 is 0. The van der Waals surface area contributed by atoms with Gasteiger partial charge in [-0.25, -0.2) is 0 Å². The molecule has 4 heteroatoms. The van der Waals surface area contributed by atoms with Gasteiger partial charge in [0, 0.05) is 18.9 Å². The van der Waals surface area contributed by atoms with E-state index in [9.17, 15) is 9.59 Å². The molecular weight excluding hydrogens is 242 g/mol. The van der Waals surface area contributed by atoms with Crippen molar-refractivity contribution in [2.24, 2.45) is 23.2 Å². The molecule has 0 aromatic carbocycles. The first kappa shape index (κ1) is 16.0. The van der Waals surface area contributed by atoms with Crippen LogP contribution in [0.4, 0.5) is 0 Å². The summed E-state index contributed by atoms with van der Waals surface area (Å²) in [7, 11) is 0. The van der Waals surface area contributed by atoms with Crippen molar-refractivity contribution in [2.45, 2.75) is 53.4 Å². The molecule has 0 bridgehead atoms. The van der Waals surface area contributed by atoms with E-state index in [-0.39, 0.29) is 23.7 Å². The van der Waals surface area contributed by atoms with Crippen LogP contribution in [0.15, 0.2) is 0 Å². The molecule has 3 atom stereocenters. The Hall–Kier alpha value is -1.06. The Morgan fingerprint density at radius 3 is 2.32 bits per heavy atom. The Labute approximate surface area is 116 Å². The van der Waals surface area contributed by atoms with Gasteiger partial charge in [0.25, 0.3) is 0 Å². The third kappa shape index (κ3) is 5.62. The van der Waals surface area contributed by atoms with Crippen LogP contribution in [0.2, 0.25) is 0 Å². The maximum absolute atomic E-state index is 11.7.